The second kappa shape index (κ2) is 6.11. The Labute approximate surface area is 138 Å². The van der Waals surface area contributed by atoms with E-state index in [4.69, 9.17) is 4.74 Å². The van der Waals surface area contributed by atoms with Gasteiger partial charge in [0.2, 0.25) is 0 Å². The molecule has 7 nitrogen and oxygen atoms in total. The number of hydrogen-bond acceptors (Lipinski definition) is 5. The van der Waals surface area contributed by atoms with Gasteiger partial charge in [0.25, 0.3) is 5.91 Å². The Morgan fingerprint density at radius 3 is 2.79 bits per heavy atom. The fourth-order valence-electron chi connectivity index (χ4n) is 2.65. The van der Waals surface area contributed by atoms with Gasteiger partial charge in [0.05, 0.1) is 6.54 Å². The Morgan fingerprint density at radius 1 is 1.12 bits per heavy atom. The number of hydrogen-bond donors (Lipinski definition) is 0. The van der Waals surface area contributed by atoms with Crippen LogP contribution in [-0.4, -0.2) is 32.2 Å². The van der Waals surface area contributed by atoms with Gasteiger partial charge in [-0.15, -0.1) is 0 Å². The summed E-state index contributed by atoms with van der Waals surface area (Å²) in [7, 11) is 0. The molecule has 1 amide bonds. The molecule has 0 saturated heterocycles. The Morgan fingerprint density at radius 2 is 2.00 bits per heavy atom. The first-order valence-corrected chi connectivity index (χ1v) is 7.64. The summed E-state index contributed by atoms with van der Waals surface area (Å²) >= 11 is 0. The Bertz CT molecular complexity index is 848. The number of carbonyl (C=O) groups is 1. The van der Waals surface area contributed by atoms with Crippen LogP contribution in [0.15, 0.2) is 55.0 Å². The first-order valence-electron chi connectivity index (χ1n) is 7.64. The minimum atomic E-state index is -0.113. The number of fused-ring (bicyclic) bond motifs is 1. The molecule has 7 heteroatoms. The number of carbonyl (C=O) groups excluding carboxylic acids is 1. The molecule has 2 aromatic heterocycles. The first kappa shape index (κ1) is 14.4. The highest BCUT2D eigenvalue weighted by Gasteiger charge is 2.28. The third-order valence-electron chi connectivity index (χ3n) is 3.80. The SMILES string of the molecule is O=C1c2cc(COc3ccccc3)nn2CCN1c1ccncn1. The van der Waals surface area contributed by atoms with Crippen molar-refractivity contribution in [2.24, 2.45) is 0 Å². The van der Waals surface area contributed by atoms with Gasteiger partial charge in [-0.1, -0.05) is 18.2 Å². The number of ether oxygens (including phenoxy) is 1. The number of anilines is 1. The summed E-state index contributed by atoms with van der Waals surface area (Å²) in [6.45, 7) is 1.48. The summed E-state index contributed by atoms with van der Waals surface area (Å²) in [5, 5.41) is 4.46. The standard InChI is InChI=1S/C17H15N5O2/c23-17-15-10-13(11-24-14-4-2-1-3-5-14)20-22(15)9-8-21(17)16-6-7-18-12-19-16/h1-7,10,12H,8-9,11H2. The fraction of sp³-hybridized carbons (Fsp3) is 0.176. The molecule has 24 heavy (non-hydrogen) atoms. The van der Waals surface area contributed by atoms with E-state index in [-0.39, 0.29) is 5.91 Å². The maximum Gasteiger partial charge on any atom is 0.277 e. The second-order valence-corrected chi connectivity index (χ2v) is 5.37. The molecule has 0 atom stereocenters. The maximum atomic E-state index is 12.7. The quantitative estimate of drug-likeness (QED) is 0.734. The van der Waals surface area contributed by atoms with Crippen molar-refractivity contribution in [1.82, 2.24) is 19.7 Å². The molecular weight excluding hydrogens is 306 g/mol. The minimum Gasteiger partial charge on any atom is -0.487 e. The monoisotopic (exact) mass is 321 g/mol. The summed E-state index contributed by atoms with van der Waals surface area (Å²) < 4.78 is 7.42. The Kier molecular flexibility index (Phi) is 3.66. The van der Waals surface area contributed by atoms with Crippen molar-refractivity contribution < 1.29 is 9.53 Å². The molecule has 0 radical (unpaired) electrons. The largest absolute Gasteiger partial charge is 0.487 e. The van der Waals surface area contributed by atoms with Crippen LogP contribution in [0, 0.1) is 0 Å². The fourth-order valence-corrected chi connectivity index (χ4v) is 2.65. The molecule has 0 spiro atoms. The number of aromatic nitrogens is 4. The predicted molar refractivity (Wildman–Crippen MR) is 86.7 cm³/mol. The molecule has 4 rings (SSSR count). The van der Waals surface area contributed by atoms with Crippen LogP contribution in [0.25, 0.3) is 0 Å². The highest BCUT2D eigenvalue weighted by molar-refractivity contribution is 6.05. The number of amides is 1. The molecule has 3 heterocycles. The van der Waals surface area contributed by atoms with Crippen molar-refractivity contribution in [2.75, 3.05) is 11.4 Å². The average molecular weight is 321 g/mol. The van der Waals surface area contributed by atoms with Gasteiger partial charge in [0.1, 0.15) is 35.9 Å². The molecule has 3 aromatic rings. The van der Waals surface area contributed by atoms with E-state index < -0.39 is 0 Å². The van der Waals surface area contributed by atoms with Crippen LogP contribution in [-0.2, 0) is 13.2 Å². The van der Waals surface area contributed by atoms with E-state index in [0.717, 1.165) is 11.4 Å². The van der Waals surface area contributed by atoms with E-state index in [1.54, 1.807) is 27.9 Å². The lowest BCUT2D eigenvalue weighted by Gasteiger charge is -2.26. The summed E-state index contributed by atoms with van der Waals surface area (Å²) in [6, 6.07) is 13.0. The van der Waals surface area contributed by atoms with Crippen LogP contribution in [0.2, 0.25) is 0 Å². The highest BCUT2D eigenvalue weighted by atomic mass is 16.5. The Balaban J connectivity index is 1.52. The van der Waals surface area contributed by atoms with Gasteiger partial charge < -0.3 is 4.74 Å². The first-order chi connectivity index (χ1) is 11.8. The normalized spacial score (nSPS) is 13.7. The van der Waals surface area contributed by atoms with Crippen LogP contribution in [0.5, 0.6) is 5.75 Å². The minimum absolute atomic E-state index is 0.113. The topological polar surface area (TPSA) is 73.1 Å². The number of benzene rings is 1. The van der Waals surface area contributed by atoms with Crippen molar-refractivity contribution in [3.8, 4) is 5.75 Å². The van der Waals surface area contributed by atoms with Crippen molar-refractivity contribution in [3.63, 3.8) is 0 Å². The van der Waals surface area contributed by atoms with E-state index in [9.17, 15) is 4.79 Å². The molecular formula is C17H15N5O2. The summed E-state index contributed by atoms with van der Waals surface area (Å²) in [5.41, 5.74) is 1.28. The van der Waals surface area contributed by atoms with E-state index in [1.165, 1.54) is 6.33 Å². The molecule has 1 aliphatic rings. The zero-order chi connectivity index (χ0) is 16.4. The summed E-state index contributed by atoms with van der Waals surface area (Å²) in [4.78, 5) is 22.3. The lowest BCUT2D eigenvalue weighted by Crippen LogP contribution is -2.40. The van der Waals surface area contributed by atoms with Crippen molar-refractivity contribution in [2.45, 2.75) is 13.2 Å². The van der Waals surface area contributed by atoms with E-state index in [0.29, 0.717) is 31.2 Å². The zero-order valence-electron chi connectivity index (χ0n) is 12.9. The molecule has 0 aliphatic carbocycles. The summed E-state index contributed by atoms with van der Waals surface area (Å²) in [5.74, 6) is 1.26. The average Bonchev–Trinajstić information content (AvgIpc) is 3.06. The summed E-state index contributed by atoms with van der Waals surface area (Å²) in [6.07, 6.45) is 3.06. The van der Waals surface area contributed by atoms with Gasteiger partial charge in [0, 0.05) is 12.7 Å². The van der Waals surface area contributed by atoms with Crippen molar-refractivity contribution in [3.05, 3.63) is 66.4 Å². The van der Waals surface area contributed by atoms with E-state index >= 15 is 0 Å². The lowest BCUT2D eigenvalue weighted by atomic mass is 10.2. The predicted octanol–water partition coefficient (Wildman–Crippen LogP) is 1.91. The van der Waals surface area contributed by atoms with E-state index in [1.807, 2.05) is 30.3 Å². The van der Waals surface area contributed by atoms with Gasteiger partial charge in [0.15, 0.2) is 0 Å². The van der Waals surface area contributed by atoms with E-state index in [2.05, 4.69) is 15.1 Å². The number of rotatable bonds is 4. The Hall–Kier alpha value is -3.22. The van der Waals surface area contributed by atoms with Crippen LogP contribution in [0.3, 0.4) is 0 Å². The smallest absolute Gasteiger partial charge is 0.277 e. The van der Waals surface area contributed by atoms with Crippen LogP contribution >= 0.6 is 0 Å². The molecule has 120 valence electrons. The molecule has 1 aliphatic heterocycles. The van der Waals surface area contributed by atoms with Crippen LogP contribution < -0.4 is 9.64 Å². The molecule has 0 unspecified atom stereocenters. The third kappa shape index (κ3) is 2.71. The molecule has 0 bridgehead atoms. The van der Waals surface area contributed by atoms with Gasteiger partial charge in [-0.2, -0.15) is 5.10 Å². The second-order valence-electron chi connectivity index (χ2n) is 5.37. The molecule has 0 N–H and O–H groups in total. The number of para-hydroxylation sites is 1. The van der Waals surface area contributed by atoms with Gasteiger partial charge >= 0.3 is 0 Å². The zero-order valence-corrected chi connectivity index (χ0v) is 12.9. The van der Waals surface area contributed by atoms with Crippen LogP contribution in [0.1, 0.15) is 16.2 Å². The third-order valence-corrected chi connectivity index (χ3v) is 3.80. The molecule has 1 aromatic carbocycles. The number of nitrogens with zero attached hydrogens (tertiary/aromatic N) is 5. The lowest BCUT2D eigenvalue weighted by molar-refractivity contribution is 0.0961. The highest BCUT2D eigenvalue weighted by Crippen LogP contribution is 2.20. The molecule has 0 fully saturated rings. The maximum absolute atomic E-state index is 12.7. The van der Waals surface area contributed by atoms with Crippen LogP contribution in [0.4, 0.5) is 5.82 Å². The van der Waals surface area contributed by atoms with Gasteiger partial charge in [-0.3, -0.25) is 14.4 Å². The molecule has 0 saturated carbocycles. The van der Waals surface area contributed by atoms with Crippen molar-refractivity contribution >= 4 is 11.7 Å². The van der Waals surface area contributed by atoms with Gasteiger partial charge in [-0.25, -0.2) is 9.97 Å². The van der Waals surface area contributed by atoms with Gasteiger partial charge in [-0.05, 0) is 24.3 Å². The van der Waals surface area contributed by atoms with Crippen molar-refractivity contribution in [1.29, 1.82) is 0 Å².